The molecule has 1 amide bonds. The molecule has 126 valence electrons. The highest BCUT2D eigenvalue weighted by atomic mass is 127. The molecule has 0 saturated heterocycles. The smallest absolute Gasteiger partial charge is 0.244 e. The Morgan fingerprint density at radius 3 is 2.58 bits per heavy atom. The molecule has 0 aliphatic rings. The fourth-order valence-corrected chi connectivity index (χ4v) is 2.86. The van der Waals surface area contributed by atoms with E-state index in [9.17, 15) is 9.18 Å². The van der Waals surface area contributed by atoms with Crippen LogP contribution in [0.15, 0.2) is 41.5 Å². The Hall–Kier alpha value is -2.16. The van der Waals surface area contributed by atoms with Crippen molar-refractivity contribution in [1.29, 1.82) is 0 Å². The zero-order chi connectivity index (χ0) is 17.5. The highest BCUT2D eigenvalue weighted by Gasteiger charge is 2.09. The number of hydrogen-bond acceptors (Lipinski definition) is 4. The van der Waals surface area contributed by atoms with Gasteiger partial charge in [-0.2, -0.15) is 5.10 Å². The third-order valence-electron chi connectivity index (χ3n) is 3.14. The minimum absolute atomic E-state index is 0.126. The number of amides is 1. The molecule has 0 unspecified atom stereocenters. The van der Waals surface area contributed by atoms with Crippen molar-refractivity contribution >= 4 is 34.7 Å². The van der Waals surface area contributed by atoms with E-state index >= 15 is 0 Å². The van der Waals surface area contributed by atoms with Crippen molar-refractivity contribution in [1.82, 2.24) is 5.43 Å². The summed E-state index contributed by atoms with van der Waals surface area (Å²) in [6.07, 6.45) is 1.65. The maximum atomic E-state index is 12.8. The Bertz CT molecular complexity index is 748. The second-order valence-electron chi connectivity index (χ2n) is 4.83. The Kier molecular flexibility index (Phi) is 6.53. The zero-order valence-corrected chi connectivity index (χ0v) is 15.3. The van der Waals surface area contributed by atoms with E-state index in [1.807, 2.05) is 6.07 Å². The van der Waals surface area contributed by atoms with E-state index in [1.165, 1.54) is 18.3 Å². The molecule has 0 atom stereocenters. The lowest BCUT2D eigenvalue weighted by Crippen LogP contribution is -2.19. The van der Waals surface area contributed by atoms with Crippen molar-refractivity contribution < 1.29 is 18.7 Å². The highest BCUT2D eigenvalue weighted by Crippen LogP contribution is 2.32. The van der Waals surface area contributed by atoms with Crippen LogP contribution in [0.2, 0.25) is 0 Å². The molecule has 0 saturated carbocycles. The van der Waals surface area contributed by atoms with Gasteiger partial charge in [-0.3, -0.25) is 4.79 Å². The summed E-state index contributed by atoms with van der Waals surface area (Å²) >= 11 is 2.13. The standard InChI is InChI=1S/C17H16FIN2O3/c1-23-15-8-12(7-14(19)17(15)24-2)10-20-21-16(22)9-11-3-5-13(18)6-4-11/h3-8,10H,9H2,1-2H3,(H,21,22)/b20-10+. The maximum absolute atomic E-state index is 12.8. The van der Waals surface area contributed by atoms with E-state index in [-0.39, 0.29) is 18.1 Å². The summed E-state index contributed by atoms with van der Waals surface area (Å²) in [6.45, 7) is 0. The second kappa shape index (κ2) is 8.62. The number of hydrazone groups is 1. The number of carbonyl (C=O) groups excluding carboxylic acids is 1. The van der Waals surface area contributed by atoms with E-state index in [1.54, 1.807) is 32.4 Å². The molecule has 24 heavy (non-hydrogen) atoms. The molecule has 2 aromatic carbocycles. The van der Waals surface area contributed by atoms with Crippen molar-refractivity contribution in [2.45, 2.75) is 6.42 Å². The van der Waals surface area contributed by atoms with Gasteiger partial charge >= 0.3 is 0 Å². The number of benzene rings is 2. The van der Waals surface area contributed by atoms with Crippen LogP contribution in [0, 0.1) is 9.39 Å². The van der Waals surface area contributed by atoms with Crippen molar-refractivity contribution in [3.63, 3.8) is 0 Å². The van der Waals surface area contributed by atoms with E-state index in [4.69, 9.17) is 9.47 Å². The molecule has 5 nitrogen and oxygen atoms in total. The molecule has 2 aromatic rings. The molecule has 2 rings (SSSR count). The first-order valence-corrected chi connectivity index (χ1v) is 8.09. The fourth-order valence-electron chi connectivity index (χ4n) is 2.02. The molecule has 1 N–H and O–H groups in total. The summed E-state index contributed by atoms with van der Waals surface area (Å²) in [5.41, 5.74) is 3.92. The summed E-state index contributed by atoms with van der Waals surface area (Å²) < 4.78 is 24.2. The van der Waals surface area contributed by atoms with E-state index < -0.39 is 0 Å². The van der Waals surface area contributed by atoms with Crippen molar-refractivity contribution in [3.8, 4) is 11.5 Å². The number of methoxy groups -OCH3 is 2. The average molecular weight is 442 g/mol. The van der Waals surface area contributed by atoms with Crippen LogP contribution in [0.5, 0.6) is 11.5 Å². The molecular formula is C17H16FIN2O3. The van der Waals surface area contributed by atoms with Crippen LogP contribution in [-0.2, 0) is 11.2 Å². The lowest BCUT2D eigenvalue weighted by atomic mass is 10.1. The molecule has 0 radical (unpaired) electrons. The van der Waals surface area contributed by atoms with Gasteiger partial charge in [0.05, 0.1) is 30.4 Å². The molecule has 0 bridgehead atoms. The molecule has 7 heteroatoms. The van der Waals surface area contributed by atoms with Gasteiger partial charge in [0.1, 0.15) is 5.82 Å². The molecule has 0 aromatic heterocycles. The summed E-state index contributed by atoms with van der Waals surface area (Å²) in [7, 11) is 3.13. The number of nitrogens with zero attached hydrogens (tertiary/aromatic N) is 1. The fraction of sp³-hybridized carbons (Fsp3) is 0.176. The maximum Gasteiger partial charge on any atom is 0.244 e. The van der Waals surface area contributed by atoms with Crippen molar-refractivity contribution in [2.24, 2.45) is 5.10 Å². The summed E-state index contributed by atoms with van der Waals surface area (Å²) in [4.78, 5) is 11.8. The SMILES string of the molecule is COc1cc(/C=N/NC(=O)Cc2ccc(F)cc2)cc(I)c1OC. The number of ether oxygens (including phenoxy) is 2. The van der Waals surface area contributed by atoms with Crippen molar-refractivity contribution in [2.75, 3.05) is 14.2 Å². The summed E-state index contributed by atoms with van der Waals surface area (Å²) in [6, 6.07) is 9.38. The molecule has 0 fully saturated rings. The Morgan fingerprint density at radius 2 is 1.96 bits per heavy atom. The summed E-state index contributed by atoms with van der Waals surface area (Å²) in [5.74, 6) is 0.618. The number of carbonyl (C=O) groups is 1. The highest BCUT2D eigenvalue weighted by molar-refractivity contribution is 14.1. The lowest BCUT2D eigenvalue weighted by Gasteiger charge is -2.10. The first-order chi connectivity index (χ1) is 11.5. The van der Waals surface area contributed by atoms with Gasteiger partial charge in [-0.15, -0.1) is 0 Å². The normalized spacial score (nSPS) is 10.7. The first kappa shape index (κ1) is 18.2. The number of rotatable bonds is 6. The van der Waals surface area contributed by atoms with Crippen LogP contribution in [0.25, 0.3) is 0 Å². The Balaban J connectivity index is 1.99. The molecular weight excluding hydrogens is 426 g/mol. The van der Waals surface area contributed by atoms with Gasteiger partial charge in [0, 0.05) is 0 Å². The largest absolute Gasteiger partial charge is 0.493 e. The van der Waals surface area contributed by atoms with Gasteiger partial charge in [0.25, 0.3) is 0 Å². The quantitative estimate of drug-likeness (QED) is 0.425. The van der Waals surface area contributed by atoms with Gasteiger partial charge in [-0.1, -0.05) is 12.1 Å². The monoisotopic (exact) mass is 442 g/mol. The number of nitrogens with one attached hydrogen (secondary N) is 1. The van der Waals surface area contributed by atoms with E-state index in [0.717, 1.165) is 9.13 Å². The molecule has 0 aliphatic heterocycles. The number of halogens is 2. The Morgan fingerprint density at radius 1 is 1.25 bits per heavy atom. The van der Waals surface area contributed by atoms with Crippen LogP contribution in [-0.4, -0.2) is 26.3 Å². The van der Waals surface area contributed by atoms with E-state index in [0.29, 0.717) is 17.1 Å². The first-order valence-electron chi connectivity index (χ1n) is 7.01. The Labute approximate surface area is 153 Å². The third kappa shape index (κ3) is 4.92. The van der Waals surface area contributed by atoms with Crippen molar-refractivity contribution in [3.05, 3.63) is 56.9 Å². The minimum atomic E-state index is -0.333. The predicted molar refractivity (Wildman–Crippen MR) is 98.1 cm³/mol. The van der Waals surface area contributed by atoms with Gasteiger partial charge in [0.15, 0.2) is 11.5 Å². The van der Waals surface area contributed by atoms with Gasteiger partial charge in [-0.25, -0.2) is 9.82 Å². The van der Waals surface area contributed by atoms with Crippen LogP contribution in [0.3, 0.4) is 0 Å². The molecule has 0 heterocycles. The second-order valence-corrected chi connectivity index (χ2v) is 6.00. The minimum Gasteiger partial charge on any atom is -0.493 e. The molecule has 0 spiro atoms. The summed E-state index contributed by atoms with van der Waals surface area (Å²) in [5, 5.41) is 3.93. The van der Waals surface area contributed by atoms with Crippen LogP contribution in [0.4, 0.5) is 4.39 Å². The van der Waals surface area contributed by atoms with Gasteiger partial charge < -0.3 is 9.47 Å². The zero-order valence-electron chi connectivity index (χ0n) is 13.2. The van der Waals surface area contributed by atoms with Gasteiger partial charge in [-0.05, 0) is 58.0 Å². The van der Waals surface area contributed by atoms with E-state index in [2.05, 4.69) is 33.1 Å². The average Bonchev–Trinajstić information content (AvgIpc) is 2.56. The van der Waals surface area contributed by atoms with Gasteiger partial charge in [0.2, 0.25) is 5.91 Å². The lowest BCUT2D eigenvalue weighted by molar-refractivity contribution is -0.120. The van der Waals surface area contributed by atoms with Crippen LogP contribution in [0.1, 0.15) is 11.1 Å². The predicted octanol–water partition coefficient (Wildman–Crippen LogP) is 3.14. The third-order valence-corrected chi connectivity index (χ3v) is 3.94. The van der Waals surface area contributed by atoms with Crippen LogP contribution < -0.4 is 14.9 Å². The van der Waals surface area contributed by atoms with Crippen LogP contribution >= 0.6 is 22.6 Å². The number of hydrogen-bond donors (Lipinski definition) is 1. The molecule has 0 aliphatic carbocycles. The topological polar surface area (TPSA) is 59.9 Å².